The number of ether oxygens (including phenoxy) is 1. The van der Waals surface area contributed by atoms with Crippen molar-refractivity contribution in [3.05, 3.63) is 60.4 Å². The van der Waals surface area contributed by atoms with Crippen LogP contribution >= 0.6 is 0 Å². The molecule has 2 aromatic rings. The fraction of sp³-hybridized carbons (Fsp3) is 0.143. The van der Waals surface area contributed by atoms with E-state index in [1.165, 1.54) is 24.3 Å². The highest BCUT2D eigenvalue weighted by atomic mass is 32.2. The van der Waals surface area contributed by atoms with Gasteiger partial charge in [-0.3, -0.25) is 4.72 Å². The molecule has 20 heavy (non-hydrogen) atoms. The molecule has 0 heterocycles. The van der Waals surface area contributed by atoms with Crippen molar-refractivity contribution < 1.29 is 17.5 Å². The fourth-order valence-electron chi connectivity index (χ4n) is 1.54. The van der Waals surface area contributed by atoms with E-state index in [0.29, 0.717) is 11.4 Å². The lowest BCUT2D eigenvalue weighted by Crippen LogP contribution is -2.21. The Bertz CT molecular complexity index is 642. The van der Waals surface area contributed by atoms with Crippen LogP contribution in [0.25, 0.3) is 0 Å². The lowest BCUT2D eigenvalue weighted by atomic mass is 10.3. The van der Waals surface area contributed by atoms with Crippen LogP contribution in [0.3, 0.4) is 0 Å². The number of benzene rings is 2. The Morgan fingerprint density at radius 2 is 1.65 bits per heavy atom. The highest BCUT2D eigenvalue weighted by molar-refractivity contribution is 7.92. The zero-order chi connectivity index (χ0) is 14.4. The van der Waals surface area contributed by atoms with Crippen molar-refractivity contribution in [2.75, 3.05) is 17.1 Å². The van der Waals surface area contributed by atoms with E-state index in [1.54, 1.807) is 30.3 Å². The maximum atomic E-state index is 12.7. The van der Waals surface area contributed by atoms with Crippen LogP contribution in [-0.4, -0.2) is 20.8 Å². The molecule has 0 radical (unpaired) electrons. The summed E-state index contributed by atoms with van der Waals surface area (Å²) >= 11 is 0. The molecule has 0 amide bonds. The molecule has 2 aromatic carbocycles. The molecule has 0 aliphatic heterocycles. The third-order valence-electron chi connectivity index (χ3n) is 2.48. The van der Waals surface area contributed by atoms with Gasteiger partial charge in [0, 0.05) is 5.69 Å². The monoisotopic (exact) mass is 295 g/mol. The van der Waals surface area contributed by atoms with E-state index >= 15 is 0 Å². The minimum absolute atomic E-state index is 0.00615. The number of nitrogens with one attached hydrogen (secondary N) is 1. The van der Waals surface area contributed by atoms with Crippen molar-refractivity contribution in [2.24, 2.45) is 0 Å². The van der Waals surface area contributed by atoms with Crippen LogP contribution in [0.2, 0.25) is 0 Å². The van der Waals surface area contributed by atoms with Gasteiger partial charge >= 0.3 is 0 Å². The molecule has 0 saturated heterocycles. The van der Waals surface area contributed by atoms with Crippen LogP contribution in [0.5, 0.6) is 5.75 Å². The number of rotatable bonds is 6. The highest BCUT2D eigenvalue weighted by Gasteiger charge is 2.10. The van der Waals surface area contributed by atoms with Crippen LogP contribution in [0.4, 0.5) is 10.1 Å². The first kappa shape index (κ1) is 14.3. The van der Waals surface area contributed by atoms with Gasteiger partial charge in [0.1, 0.15) is 23.9 Å². The van der Waals surface area contributed by atoms with Gasteiger partial charge in [-0.2, -0.15) is 0 Å². The molecule has 0 bridgehead atoms. The predicted molar refractivity (Wildman–Crippen MR) is 75.7 cm³/mol. The fourth-order valence-corrected chi connectivity index (χ4v) is 2.44. The Hall–Kier alpha value is -2.08. The summed E-state index contributed by atoms with van der Waals surface area (Å²) in [6.45, 7) is -0.00615. The van der Waals surface area contributed by atoms with Crippen LogP contribution in [0, 0.1) is 5.82 Å². The van der Waals surface area contributed by atoms with Crippen molar-refractivity contribution in [2.45, 2.75) is 0 Å². The van der Waals surface area contributed by atoms with E-state index in [1.807, 2.05) is 0 Å². The molecule has 2 rings (SSSR count). The number of halogens is 1. The molecule has 4 nitrogen and oxygen atoms in total. The average Bonchev–Trinajstić information content (AvgIpc) is 2.41. The van der Waals surface area contributed by atoms with E-state index in [-0.39, 0.29) is 18.2 Å². The van der Waals surface area contributed by atoms with E-state index in [0.717, 1.165) is 0 Å². The second kappa shape index (κ2) is 6.38. The van der Waals surface area contributed by atoms with Crippen molar-refractivity contribution in [3.8, 4) is 5.75 Å². The molecule has 1 N–H and O–H groups in total. The number of sulfonamides is 1. The first-order chi connectivity index (χ1) is 9.55. The van der Waals surface area contributed by atoms with Gasteiger partial charge in [0.2, 0.25) is 10.0 Å². The molecular formula is C14H14FNO3S. The third kappa shape index (κ3) is 4.55. The molecule has 0 atom stereocenters. The summed E-state index contributed by atoms with van der Waals surface area (Å²) in [5.41, 5.74) is 0.509. The van der Waals surface area contributed by atoms with E-state index in [2.05, 4.69) is 4.72 Å². The summed E-state index contributed by atoms with van der Waals surface area (Å²) in [4.78, 5) is 0. The van der Waals surface area contributed by atoms with Gasteiger partial charge in [0.25, 0.3) is 0 Å². The molecule has 0 spiro atoms. The van der Waals surface area contributed by atoms with Gasteiger partial charge in [0.15, 0.2) is 0 Å². The largest absolute Gasteiger partial charge is 0.492 e. The van der Waals surface area contributed by atoms with Crippen molar-refractivity contribution in [1.82, 2.24) is 0 Å². The van der Waals surface area contributed by atoms with Crippen LogP contribution < -0.4 is 9.46 Å². The van der Waals surface area contributed by atoms with E-state index in [4.69, 9.17) is 4.74 Å². The minimum Gasteiger partial charge on any atom is -0.492 e. The van der Waals surface area contributed by atoms with Crippen LogP contribution in [-0.2, 0) is 10.0 Å². The molecule has 0 fully saturated rings. The number of hydrogen-bond acceptors (Lipinski definition) is 3. The number of anilines is 1. The van der Waals surface area contributed by atoms with Crippen LogP contribution in [0.1, 0.15) is 0 Å². The van der Waals surface area contributed by atoms with Gasteiger partial charge < -0.3 is 4.74 Å². The topological polar surface area (TPSA) is 55.4 Å². The summed E-state index contributed by atoms with van der Waals surface area (Å²) in [7, 11) is -3.46. The molecule has 0 aliphatic carbocycles. The molecule has 106 valence electrons. The Morgan fingerprint density at radius 3 is 2.30 bits per heavy atom. The molecule has 0 unspecified atom stereocenters. The minimum atomic E-state index is -3.46. The predicted octanol–water partition coefficient (Wildman–Crippen LogP) is 2.65. The van der Waals surface area contributed by atoms with Crippen molar-refractivity contribution in [3.63, 3.8) is 0 Å². The second-order valence-corrected chi connectivity index (χ2v) is 5.93. The van der Waals surface area contributed by atoms with E-state index in [9.17, 15) is 12.8 Å². The Labute approximate surface area is 117 Å². The molecule has 0 saturated carbocycles. The lowest BCUT2D eigenvalue weighted by Gasteiger charge is -2.09. The van der Waals surface area contributed by atoms with Gasteiger partial charge in [-0.25, -0.2) is 12.8 Å². The van der Waals surface area contributed by atoms with Crippen LogP contribution in [0.15, 0.2) is 54.6 Å². The third-order valence-corrected chi connectivity index (χ3v) is 3.73. The van der Waals surface area contributed by atoms with Crippen molar-refractivity contribution in [1.29, 1.82) is 0 Å². The summed E-state index contributed by atoms with van der Waals surface area (Å²) in [5.74, 6) is -0.115. The highest BCUT2D eigenvalue weighted by Crippen LogP contribution is 2.12. The van der Waals surface area contributed by atoms with Gasteiger partial charge in [-0.15, -0.1) is 0 Å². The zero-order valence-electron chi connectivity index (χ0n) is 10.6. The summed E-state index contributed by atoms with van der Waals surface area (Å²) in [5, 5.41) is 0. The van der Waals surface area contributed by atoms with Gasteiger partial charge in [0.05, 0.1) is 0 Å². The maximum Gasteiger partial charge on any atom is 0.236 e. The summed E-state index contributed by atoms with van der Waals surface area (Å²) in [6, 6.07) is 14.0. The average molecular weight is 295 g/mol. The van der Waals surface area contributed by atoms with Crippen molar-refractivity contribution >= 4 is 15.7 Å². The molecule has 0 aliphatic rings. The Balaban J connectivity index is 1.85. The summed E-state index contributed by atoms with van der Waals surface area (Å²) < 4.78 is 44.0. The zero-order valence-corrected chi connectivity index (χ0v) is 11.4. The van der Waals surface area contributed by atoms with Gasteiger partial charge in [-0.1, -0.05) is 18.2 Å². The first-order valence-corrected chi connectivity index (χ1v) is 7.64. The Kier molecular flexibility index (Phi) is 4.57. The van der Waals surface area contributed by atoms with E-state index < -0.39 is 10.0 Å². The lowest BCUT2D eigenvalue weighted by molar-refractivity contribution is 0.340. The quantitative estimate of drug-likeness (QED) is 0.891. The first-order valence-electron chi connectivity index (χ1n) is 5.99. The smallest absolute Gasteiger partial charge is 0.236 e. The van der Waals surface area contributed by atoms with Gasteiger partial charge in [-0.05, 0) is 36.4 Å². The molecule has 6 heteroatoms. The molecular weight excluding hydrogens is 281 g/mol. The number of para-hydroxylation sites is 1. The standard InChI is InChI=1S/C14H14FNO3S/c15-12-6-8-14(9-7-12)19-10-11-20(17,18)16-13-4-2-1-3-5-13/h1-9,16H,10-11H2. The maximum absolute atomic E-state index is 12.7. The summed E-state index contributed by atoms with van der Waals surface area (Å²) in [6.07, 6.45) is 0. The number of hydrogen-bond donors (Lipinski definition) is 1. The Morgan fingerprint density at radius 1 is 1.00 bits per heavy atom. The SMILES string of the molecule is O=S(=O)(CCOc1ccc(F)cc1)Nc1ccccc1. The second-order valence-electron chi connectivity index (χ2n) is 4.09. The normalized spacial score (nSPS) is 11.1. The molecule has 0 aromatic heterocycles.